The van der Waals surface area contributed by atoms with Crippen LogP contribution >= 0.6 is 0 Å². The molecule has 1 atom stereocenters. The van der Waals surface area contributed by atoms with Gasteiger partial charge in [-0.3, -0.25) is 4.79 Å². The van der Waals surface area contributed by atoms with E-state index in [9.17, 15) is 4.79 Å². The molecule has 4 heteroatoms. The Morgan fingerprint density at radius 3 is 3.12 bits per heavy atom. The number of carbonyl (C=O) groups is 1. The van der Waals surface area contributed by atoms with Gasteiger partial charge in [-0.25, -0.2) is 0 Å². The quantitative estimate of drug-likeness (QED) is 0.850. The van der Waals surface area contributed by atoms with E-state index in [1.807, 2.05) is 18.2 Å². The third-order valence-corrected chi connectivity index (χ3v) is 2.84. The van der Waals surface area contributed by atoms with Crippen molar-refractivity contribution in [2.45, 2.75) is 18.8 Å². The highest BCUT2D eigenvalue weighted by atomic mass is 16.5. The van der Waals surface area contributed by atoms with E-state index < -0.39 is 5.97 Å². The van der Waals surface area contributed by atoms with E-state index in [0.717, 1.165) is 25.4 Å². The lowest BCUT2D eigenvalue weighted by Crippen LogP contribution is -2.05. The second-order valence-corrected chi connectivity index (χ2v) is 4.13. The smallest absolute Gasteiger partial charge is 0.306 e. The van der Waals surface area contributed by atoms with Gasteiger partial charge < -0.3 is 14.6 Å². The molecule has 0 radical (unpaired) electrons. The van der Waals surface area contributed by atoms with Crippen molar-refractivity contribution >= 4 is 5.97 Å². The van der Waals surface area contributed by atoms with Gasteiger partial charge in [0.25, 0.3) is 0 Å². The summed E-state index contributed by atoms with van der Waals surface area (Å²) in [6, 6.07) is 7.81. The first-order valence-corrected chi connectivity index (χ1v) is 5.78. The van der Waals surface area contributed by atoms with Gasteiger partial charge in [0.2, 0.25) is 0 Å². The molecule has 1 fully saturated rings. The van der Waals surface area contributed by atoms with Crippen molar-refractivity contribution in [1.29, 1.82) is 0 Å². The lowest BCUT2D eigenvalue weighted by Gasteiger charge is -2.10. The first kappa shape index (κ1) is 11.9. The minimum absolute atomic E-state index is 0.0246. The fourth-order valence-corrected chi connectivity index (χ4v) is 1.91. The molecule has 0 amide bonds. The number of hydrogen-bond donors (Lipinski definition) is 1. The molecule has 0 spiro atoms. The van der Waals surface area contributed by atoms with Gasteiger partial charge in [-0.15, -0.1) is 0 Å². The van der Waals surface area contributed by atoms with Gasteiger partial charge in [0.05, 0.1) is 19.6 Å². The molecule has 92 valence electrons. The maximum absolute atomic E-state index is 10.4. The largest absolute Gasteiger partial charge is 0.493 e. The minimum atomic E-state index is -0.842. The summed E-state index contributed by atoms with van der Waals surface area (Å²) in [7, 11) is 0. The fourth-order valence-electron chi connectivity index (χ4n) is 1.91. The molecule has 17 heavy (non-hydrogen) atoms. The highest BCUT2D eigenvalue weighted by molar-refractivity contribution is 5.66. The normalized spacial score (nSPS) is 19.2. The molecule has 1 heterocycles. The van der Waals surface area contributed by atoms with E-state index in [4.69, 9.17) is 14.6 Å². The van der Waals surface area contributed by atoms with Crippen LogP contribution in [0.15, 0.2) is 24.3 Å². The zero-order valence-corrected chi connectivity index (χ0v) is 9.59. The zero-order valence-electron chi connectivity index (χ0n) is 9.59. The molecule has 0 aliphatic carbocycles. The fraction of sp³-hybridized carbons (Fsp3) is 0.462. The first-order chi connectivity index (χ1) is 8.25. The van der Waals surface area contributed by atoms with Crippen molar-refractivity contribution < 1.29 is 19.4 Å². The molecule has 0 bridgehead atoms. The Bertz CT molecular complexity index is 383. The number of rotatable bonds is 5. The van der Waals surface area contributed by atoms with Crippen LogP contribution in [0.1, 0.15) is 24.3 Å². The average Bonchev–Trinajstić information content (AvgIpc) is 2.82. The van der Waals surface area contributed by atoms with Gasteiger partial charge in [0, 0.05) is 12.5 Å². The number of carboxylic acids is 1. The Labute approximate surface area is 100 Å². The summed E-state index contributed by atoms with van der Waals surface area (Å²) in [5, 5.41) is 8.52. The van der Waals surface area contributed by atoms with Crippen molar-refractivity contribution in [3.05, 3.63) is 29.8 Å². The van der Waals surface area contributed by atoms with E-state index >= 15 is 0 Å². The van der Waals surface area contributed by atoms with E-state index in [0.29, 0.717) is 5.92 Å². The standard InChI is InChI=1S/C13H16O4/c14-13(15)5-7-17-12-3-1-2-10(8-12)11-4-6-16-9-11/h1-3,8,11H,4-7,9H2,(H,14,15). The van der Waals surface area contributed by atoms with Crippen LogP contribution in [0.4, 0.5) is 0 Å². The average molecular weight is 236 g/mol. The van der Waals surface area contributed by atoms with Crippen molar-refractivity contribution in [3.8, 4) is 5.75 Å². The van der Waals surface area contributed by atoms with Crippen molar-refractivity contribution in [1.82, 2.24) is 0 Å². The van der Waals surface area contributed by atoms with Gasteiger partial charge in [0.15, 0.2) is 0 Å². The maximum atomic E-state index is 10.4. The number of carboxylic acid groups (broad SMARTS) is 1. The monoisotopic (exact) mass is 236 g/mol. The highest BCUT2D eigenvalue weighted by Crippen LogP contribution is 2.27. The third kappa shape index (κ3) is 3.46. The van der Waals surface area contributed by atoms with Gasteiger partial charge in [0.1, 0.15) is 5.75 Å². The molecule has 1 aromatic carbocycles. The summed E-state index contributed by atoms with van der Waals surface area (Å²) in [5.74, 6) is 0.332. The molecular weight excluding hydrogens is 220 g/mol. The summed E-state index contributed by atoms with van der Waals surface area (Å²) in [6.45, 7) is 1.79. The highest BCUT2D eigenvalue weighted by Gasteiger charge is 2.17. The SMILES string of the molecule is O=C(O)CCOc1cccc(C2CCOC2)c1. The van der Waals surface area contributed by atoms with E-state index in [2.05, 4.69) is 6.07 Å². The van der Waals surface area contributed by atoms with E-state index in [1.165, 1.54) is 5.56 Å². The van der Waals surface area contributed by atoms with Crippen molar-refractivity contribution in [2.24, 2.45) is 0 Å². The Morgan fingerprint density at radius 1 is 1.53 bits per heavy atom. The number of aliphatic carboxylic acids is 1. The molecule has 1 N–H and O–H groups in total. The van der Waals surface area contributed by atoms with E-state index in [1.54, 1.807) is 0 Å². The van der Waals surface area contributed by atoms with Crippen LogP contribution in [0.2, 0.25) is 0 Å². The second kappa shape index (κ2) is 5.68. The van der Waals surface area contributed by atoms with Gasteiger partial charge in [-0.1, -0.05) is 12.1 Å². The Hall–Kier alpha value is -1.55. The van der Waals surface area contributed by atoms with Crippen LogP contribution in [0.3, 0.4) is 0 Å². The molecule has 1 aliphatic heterocycles. The molecule has 4 nitrogen and oxygen atoms in total. The molecule has 2 rings (SSSR count). The van der Waals surface area contributed by atoms with Crippen LogP contribution < -0.4 is 4.74 Å². The number of hydrogen-bond acceptors (Lipinski definition) is 3. The Balaban J connectivity index is 1.93. The summed E-state index contributed by atoms with van der Waals surface area (Å²) in [5.41, 5.74) is 1.20. The summed E-state index contributed by atoms with van der Waals surface area (Å²) < 4.78 is 10.7. The van der Waals surface area contributed by atoms with Crippen molar-refractivity contribution in [2.75, 3.05) is 19.8 Å². The van der Waals surface area contributed by atoms with Crippen LogP contribution in [-0.4, -0.2) is 30.9 Å². The predicted molar refractivity (Wildman–Crippen MR) is 62.4 cm³/mol. The van der Waals surface area contributed by atoms with Gasteiger partial charge in [-0.2, -0.15) is 0 Å². The summed E-state index contributed by atoms with van der Waals surface area (Å²) in [6.07, 6.45) is 1.06. The maximum Gasteiger partial charge on any atom is 0.306 e. The van der Waals surface area contributed by atoms with Crippen LogP contribution in [0, 0.1) is 0 Å². The lowest BCUT2D eigenvalue weighted by atomic mass is 9.98. The molecule has 0 saturated carbocycles. The molecule has 1 saturated heterocycles. The third-order valence-electron chi connectivity index (χ3n) is 2.84. The van der Waals surface area contributed by atoms with Gasteiger partial charge in [-0.05, 0) is 24.1 Å². The van der Waals surface area contributed by atoms with Crippen LogP contribution in [-0.2, 0) is 9.53 Å². The molecule has 0 aromatic heterocycles. The van der Waals surface area contributed by atoms with Crippen LogP contribution in [0.25, 0.3) is 0 Å². The Kier molecular flexibility index (Phi) is 3.98. The van der Waals surface area contributed by atoms with Crippen LogP contribution in [0.5, 0.6) is 5.75 Å². The lowest BCUT2D eigenvalue weighted by molar-refractivity contribution is -0.137. The predicted octanol–water partition coefficient (Wildman–Crippen LogP) is 2.04. The number of benzene rings is 1. The van der Waals surface area contributed by atoms with Crippen molar-refractivity contribution in [3.63, 3.8) is 0 Å². The topological polar surface area (TPSA) is 55.8 Å². The number of ether oxygens (including phenoxy) is 2. The minimum Gasteiger partial charge on any atom is -0.493 e. The molecule has 1 unspecified atom stereocenters. The Morgan fingerprint density at radius 2 is 2.41 bits per heavy atom. The molecular formula is C13H16O4. The molecule has 1 aromatic rings. The second-order valence-electron chi connectivity index (χ2n) is 4.13. The summed E-state index contributed by atoms with van der Waals surface area (Å²) >= 11 is 0. The first-order valence-electron chi connectivity index (χ1n) is 5.78. The van der Waals surface area contributed by atoms with E-state index in [-0.39, 0.29) is 13.0 Å². The molecule has 1 aliphatic rings. The zero-order chi connectivity index (χ0) is 12.1. The van der Waals surface area contributed by atoms with Gasteiger partial charge >= 0.3 is 5.97 Å². The summed E-state index contributed by atoms with van der Waals surface area (Å²) in [4.78, 5) is 10.4.